The third kappa shape index (κ3) is 11.5. The molecule has 276 valence electrons. The molecule has 51 heavy (non-hydrogen) atoms. The quantitative estimate of drug-likeness (QED) is 0.185. The fraction of sp³-hybridized carbons (Fsp3) is 0.512. The highest BCUT2D eigenvalue weighted by Gasteiger charge is 2.35. The second kappa shape index (κ2) is 17.5. The molecule has 2 aliphatic rings. The van der Waals surface area contributed by atoms with Crippen molar-refractivity contribution in [2.24, 2.45) is 5.92 Å². The summed E-state index contributed by atoms with van der Waals surface area (Å²) in [5.74, 6) is -0.208. The molecule has 2 unspecified atom stereocenters. The fourth-order valence-electron chi connectivity index (χ4n) is 7.13. The molecule has 10 heteroatoms. The number of fused-ring (bicyclic) bond motifs is 1. The maximum Gasteiger partial charge on any atom is 0.407 e. The number of amides is 2. The minimum Gasteiger partial charge on any atom is -0.492 e. The zero-order chi connectivity index (χ0) is 36.5. The summed E-state index contributed by atoms with van der Waals surface area (Å²) in [5.41, 5.74) is 3.01. The van der Waals surface area contributed by atoms with Gasteiger partial charge in [-0.3, -0.25) is 9.69 Å². The lowest BCUT2D eigenvalue weighted by Crippen LogP contribution is -2.48. The summed E-state index contributed by atoms with van der Waals surface area (Å²) in [7, 11) is 0. The van der Waals surface area contributed by atoms with Crippen molar-refractivity contribution in [3.63, 3.8) is 0 Å². The van der Waals surface area contributed by atoms with Crippen molar-refractivity contribution in [2.45, 2.75) is 102 Å². The Kier molecular flexibility index (Phi) is 13.1. The Hall–Kier alpha value is -3.96. The number of rotatable bonds is 14. The van der Waals surface area contributed by atoms with Crippen molar-refractivity contribution >= 4 is 12.0 Å². The van der Waals surface area contributed by atoms with Crippen LogP contribution in [0, 0.1) is 5.92 Å². The zero-order valence-corrected chi connectivity index (χ0v) is 30.6. The molecular formula is C41H55N3O7. The number of alkyl carbamates (subject to hydrolysis) is 1. The maximum atomic E-state index is 14.1. The van der Waals surface area contributed by atoms with E-state index in [1.54, 1.807) is 20.8 Å². The second-order valence-electron chi connectivity index (χ2n) is 15.1. The van der Waals surface area contributed by atoms with E-state index < -0.39 is 41.9 Å². The highest BCUT2D eigenvalue weighted by molar-refractivity contribution is 5.80. The van der Waals surface area contributed by atoms with Gasteiger partial charge in [0.1, 0.15) is 18.0 Å². The highest BCUT2D eigenvalue weighted by atomic mass is 16.6. The summed E-state index contributed by atoms with van der Waals surface area (Å²) in [6, 6.07) is 23.8. The van der Waals surface area contributed by atoms with E-state index in [1.807, 2.05) is 78.9 Å². The van der Waals surface area contributed by atoms with Gasteiger partial charge in [0.05, 0.1) is 36.5 Å². The molecule has 0 aromatic heterocycles. The van der Waals surface area contributed by atoms with Crippen LogP contribution in [0.4, 0.5) is 4.79 Å². The maximum absolute atomic E-state index is 14.1. The number of aliphatic hydroxyl groups is 2. The molecule has 0 saturated carbocycles. The molecule has 1 aliphatic heterocycles. The molecule has 0 bridgehead atoms. The van der Waals surface area contributed by atoms with Gasteiger partial charge in [0.25, 0.3) is 0 Å². The molecule has 1 aliphatic carbocycles. The Morgan fingerprint density at radius 3 is 2.25 bits per heavy atom. The van der Waals surface area contributed by atoms with Crippen molar-refractivity contribution in [3.05, 3.63) is 101 Å². The van der Waals surface area contributed by atoms with Gasteiger partial charge >= 0.3 is 6.09 Å². The van der Waals surface area contributed by atoms with Crippen molar-refractivity contribution in [3.8, 4) is 5.75 Å². The summed E-state index contributed by atoms with van der Waals surface area (Å²) >= 11 is 0. The van der Waals surface area contributed by atoms with Gasteiger partial charge in [0.15, 0.2) is 0 Å². The van der Waals surface area contributed by atoms with E-state index in [1.165, 1.54) is 0 Å². The number of hydrogen-bond donors (Lipinski definition) is 4. The van der Waals surface area contributed by atoms with Crippen LogP contribution in [0.25, 0.3) is 0 Å². The normalized spacial score (nSPS) is 22.3. The van der Waals surface area contributed by atoms with Crippen LogP contribution in [-0.2, 0) is 33.5 Å². The van der Waals surface area contributed by atoms with Crippen molar-refractivity contribution in [1.29, 1.82) is 0 Å². The minimum atomic E-state index is -1.08. The van der Waals surface area contributed by atoms with E-state index >= 15 is 0 Å². The summed E-state index contributed by atoms with van der Waals surface area (Å²) in [6.07, 6.45) is -0.867. The molecule has 4 N–H and O–H groups in total. The number of benzene rings is 3. The van der Waals surface area contributed by atoms with E-state index in [2.05, 4.69) is 29.4 Å². The minimum absolute atomic E-state index is 0.0677. The predicted molar refractivity (Wildman–Crippen MR) is 197 cm³/mol. The van der Waals surface area contributed by atoms with Crippen LogP contribution in [0.15, 0.2) is 78.9 Å². The standard InChI is InChI=1S/C41H55N3O7/c1-27-25-44(26-28(2)50-27)19-20-49-33-17-15-30(16-18-33)21-32(39(47)43-38-34-14-10-9-13-31(34)23-37(38)46)24-36(45)35(22-29-11-7-6-8-12-29)42-40(48)51-41(3,4)5/h6-18,27-28,32,35-38,45-46H,19-26H2,1-5H3,(H,42,48)(H,43,47)/t27?,28?,32-,35+,36+,37-,38+/m1/s1. The van der Waals surface area contributed by atoms with Gasteiger partial charge in [-0.15, -0.1) is 0 Å². The molecule has 0 spiro atoms. The van der Waals surface area contributed by atoms with Crippen molar-refractivity contribution in [2.75, 3.05) is 26.2 Å². The molecule has 3 aromatic rings. The van der Waals surface area contributed by atoms with Gasteiger partial charge in [-0.05, 0) is 88.3 Å². The van der Waals surface area contributed by atoms with Crippen LogP contribution < -0.4 is 15.4 Å². The van der Waals surface area contributed by atoms with Gasteiger partial charge in [0, 0.05) is 32.0 Å². The SMILES string of the molecule is CC1CN(CCOc2ccc(C[C@H](C[C@H](O)[C@H](Cc3ccccc3)NC(=O)OC(C)(C)C)C(=O)N[C@H]3c4ccccc4C[C@H]3O)cc2)CC(C)O1. The largest absolute Gasteiger partial charge is 0.492 e. The first kappa shape index (κ1) is 38.3. The third-order valence-electron chi connectivity index (χ3n) is 9.44. The number of aliphatic hydroxyl groups excluding tert-OH is 2. The molecule has 2 amide bonds. The number of carbonyl (C=O) groups is 2. The first-order valence-corrected chi connectivity index (χ1v) is 18.2. The molecule has 3 aromatic carbocycles. The number of carbonyl (C=O) groups excluding carboxylic acids is 2. The number of morpholine rings is 1. The number of nitrogens with zero attached hydrogens (tertiary/aromatic N) is 1. The number of nitrogens with one attached hydrogen (secondary N) is 2. The molecule has 0 radical (unpaired) electrons. The Balaban J connectivity index is 1.30. The first-order chi connectivity index (χ1) is 24.3. The Morgan fingerprint density at radius 1 is 0.922 bits per heavy atom. The van der Waals surface area contributed by atoms with E-state index in [-0.39, 0.29) is 24.5 Å². The summed E-state index contributed by atoms with van der Waals surface area (Å²) < 4.78 is 17.4. The summed E-state index contributed by atoms with van der Waals surface area (Å²) in [4.78, 5) is 29.4. The van der Waals surface area contributed by atoms with Crippen LogP contribution in [0.5, 0.6) is 5.75 Å². The van der Waals surface area contributed by atoms with Crippen LogP contribution >= 0.6 is 0 Å². The molecular weight excluding hydrogens is 646 g/mol. The first-order valence-electron chi connectivity index (χ1n) is 18.2. The second-order valence-corrected chi connectivity index (χ2v) is 15.1. The zero-order valence-electron chi connectivity index (χ0n) is 30.6. The van der Waals surface area contributed by atoms with Crippen LogP contribution in [0.3, 0.4) is 0 Å². The number of ether oxygens (including phenoxy) is 3. The lowest BCUT2D eigenvalue weighted by Gasteiger charge is -2.35. The van der Waals surface area contributed by atoms with E-state index in [9.17, 15) is 19.8 Å². The topological polar surface area (TPSA) is 130 Å². The summed E-state index contributed by atoms with van der Waals surface area (Å²) in [6.45, 7) is 12.6. The third-order valence-corrected chi connectivity index (χ3v) is 9.44. The van der Waals surface area contributed by atoms with Gasteiger partial charge in [-0.1, -0.05) is 66.7 Å². The molecule has 1 fully saturated rings. The Bertz CT molecular complexity index is 1550. The van der Waals surface area contributed by atoms with E-state index in [4.69, 9.17) is 14.2 Å². The summed E-state index contributed by atoms with van der Waals surface area (Å²) in [5, 5.41) is 28.6. The number of hydrogen-bond acceptors (Lipinski definition) is 8. The van der Waals surface area contributed by atoms with Crippen molar-refractivity contribution in [1.82, 2.24) is 15.5 Å². The predicted octanol–water partition coefficient (Wildman–Crippen LogP) is 4.99. The Labute approximate surface area is 302 Å². The Morgan fingerprint density at radius 2 is 1.57 bits per heavy atom. The average Bonchev–Trinajstić information content (AvgIpc) is 3.38. The van der Waals surface area contributed by atoms with Gasteiger partial charge < -0.3 is 35.1 Å². The van der Waals surface area contributed by atoms with Crippen LogP contribution in [0.1, 0.15) is 69.3 Å². The van der Waals surface area contributed by atoms with E-state index in [0.717, 1.165) is 47.6 Å². The highest BCUT2D eigenvalue weighted by Crippen LogP contribution is 2.32. The van der Waals surface area contributed by atoms with Gasteiger partial charge in [0.2, 0.25) is 5.91 Å². The monoisotopic (exact) mass is 701 g/mol. The fourth-order valence-corrected chi connectivity index (χ4v) is 7.13. The molecule has 1 saturated heterocycles. The van der Waals surface area contributed by atoms with Crippen molar-refractivity contribution < 1.29 is 34.0 Å². The molecule has 1 heterocycles. The van der Waals surface area contributed by atoms with E-state index in [0.29, 0.717) is 25.9 Å². The molecule has 7 atom stereocenters. The lowest BCUT2D eigenvalue weighted by atomic mass is 9.88. The van der Waals surface area contributed by atoms with Crippen LogP contribution in [-0.4, -0.2) is 89.4 Å². The average molecular weight is 702 g/mol. The van der Waals surface area contributed by atoms with Crippen LogP contribution in [0.2, 0.25) is 0 Å². The van der Waals surface area contributed by atoms with Gasteiger partial charge in [-0.2, -0.15) is 0 Å². The molecule has 10 nitrogen and oxygen atoms in total. The van der Waals surface area contributed by atoms with Gasteiger partial charge in [-0.25, -0.2) is 4.79 Å². The smallest absolute Gasteiger partial charge is 0.407 e. The lowest BCUT2D eigenvalue weighted by molar-refractivity contribution is -0.127. The molecule has 5 rings (SSSR count).